The molecule has 1 aromatic carbocycles. The van der Waals surface area contributed by atoms with Crippen LogP contribution in [-0.2, 0) is 14.8 Å². The third-order valence-corrected chi connectivity index (χ3v) is 4.25. The highest BCUT2D eigenvalue weighted by molar-refractivity contribution is 7.89. The average Bonchev–Trinajstić information content (AvgIpc) is 2.45. The molecular formula is C14H22N2O4S. The molecule has 0 aliphatic heterocycles. The van der Waals surface area contributed by atoms with Crippen LogP contribution < -0.4 is 14.8 Å². The predicted octanol–water partition coefficient (Wildman–Crippen LogP) is 1.14. The lowest BCUT2D eigenvalue weighted by atomic mass is 10.1. The van der Waals surface area contributed by atoms with Crippen molar-refractivity contribution in [2.45, 2.75) is 25.2 Å². The monoisotopic (exact) mass is 314 g/mol. The lowest BCUT2D eigenvalue weighted by Crippen LogP contribution is -2.37. The van der Waals surface area contributed by atoms with Gasteiger partial charge >= 0.3 is 0 Å². The summed E-state index contributed by atoms with van der Waals surface area (Å²) < 4.78 is 31.2. The second-order valence-electron chi connectivity index (χ2n) is 5.03. The van der Waals surface area contributed by atoms with E-state index in [1.54, 1.807) is 12.1 Å². The number of ether oxygens (including phenoxy) is 1. The van der Waals surface area contributed by atoms with Gasteiger partial charge in [0.25, 0.3) is 0 Å². The number of benzene rings is 1. The molecule has 0 saturated heterocycles. The highest BCUT2D eigenvalue weighted by Gasteiger charge is 2.15. The van der Waals surface area contributed by atoms with Gasteiger partial charge in [-0.15, -0.1) is 0 Å². The molecule has 118 valence electrons. The Bertz CT molecular complexity index is 553. The van der Waals surface area contributed by atoms with E-state index in [0.717, 1.165) is 6.42 Å². The van der Waals surface area contributed by atoms with E-state index in [9.17, 15) is 13.2 Å². The van der Waals surface area contributed by atoms with Crippen LogP contribution in [0.1, 0.15) is 20.3 Å². The molecule has 0 heterocycles. The molecule has 0 aliphatic rings. The molecule has 2 N–H and O–H groups in total. The molecule has 1 amide bonds. The Morgan fingerprint density at radius 1 is 1.24 bits per heavy atom. The molecule has 1 aromatic rings. The van der Waals surface area contributed by atoms with E-state index >= 15 is 0 Å². The highest BCUT2D eigenvalue weighted by atomic mass is 32.2. The lowest BCUT2D eigenvalue weighted by Gasteiger charge is -2.09. The van der Waals surface area contributed by atoms with Crippen LogP contribution in [0, 0.1) is 5.92 Å². The van der Waals surface area contributed by atoms with E-state index in [2.05, 4.69) is 23.9 Å². The third kappa shape index (κ3) is 6.14. The molecule has 0 aromatic heterocycles. The van der Waals surface area contributed by atoms with Crippen molar-refractivity contribution in [3.05, 3.63) is 24.3 Å². The van der Waals surface area contributed by atoms with Crippen molar-refractivity contribution in [3.63, 3.8) is 0 Å². The number of hydrogen-bond donors (Lipinski definition) is 2. The number of amides is 1. The van der Waals surface area contributed by atoms with Gasteiger partial charge in [0.1, 0.15) is 5.75 Å². The fourth-order valence-corrected chi connectivity index (χ4v) is 2.54. The van der Waals surface area contributed by atoms with Crippen molar-refractivity contribution in [2.75, 3.05) is 20.2 Å². The van der Waals surface area contributed by atoms with Crippen LogP contribution in [0.5, 0.6) is 5.75 Å². The molecule has 0 unspecified atom stereocenters. The zero-order chi connectivity index (χ0) is 15.9. The van der Waals surface area contributed by atoms with E-state index < -0.39 is 10.0 Å². The molecule has 0 bridgehead atoms. The van der Waals surface area contributed by atoms with Crippen LogP contribution in [0.2, 0.25) is 0 Å². The van der Waals surface area contributed by atoms with E-state index in [-0.39, 0.29) is 17.3 Å². The van der Waals surface area contributed by atoms with Gasteiger partial charge in [0.05, 0.1) is 18.6 Å². The Kier molecular flexibility index (Phi) is 6.64. The first-order valence-electron chi connectivity index (χ1n) is 6.75. The minimum Gasteiger partial charge on any atom is -0.497 e. The minimum atomic E-state index is -3.69. The number of sulfonamides is 1. The van der Waals surface area contributed by atoms with Crippen molar-refractivity contribution < 1.29 is 17.9 Å². The maximum absolute atomic E-state index is 12.0. The van der Waals surface area contributed by atoms with Gasteiger partial charge in [-0.2, -0.15) is 0 Å². The van der Waals surface area contributed by atoms with E-state index in [4.69, 9.17) is 4.74 Å². The van der Waals surface area contributed by atoms with Crippen molar-refractivity contribution in [2.24, 2.45) is 5.92 Å². The molecule has 6 nitrogen and oxygen atoms in total. The van der Waals surface area contributed by atoms with Gasteiger partial charge in [0, 0.05) is 6.54 Å². The number of hydrogen-bond acceptors (Lipinski definition) is 4. The molecule has 0 radical (unpaired) electrons. The third-order valence-electron chi connectivity index (χ3n) is 2.84. The van der Waals surface area contributed by atoms with Gasteiger partial charge < -0.3 is 10.1 Å². The highest BCUT2D eigenvalue weighted by Crippen LogP contribution is 2.14. The first-order valence-corrected chi connectivity index (χ1v) is 8.24. The zero-order valence-corrected chi connectivity index (χ0v) is 13.4. The number of carbonyl (C=O) groups excluding carboxylic acids is 1. The van der Waals surface area contributed by atoms with Crippen LogP contribution in [0.4, 0.5) is 0 Å². The van der Waals surface area contributed by atoms with Crippen LogP contribution in [0.15, 0.2) is 29.2 Å². The van der Waals surface area contributed by atoms with Crippen LogP contribution in [-0.4, -0.2) is 34.5 Å². The molecule has 1 rings (SSSR count). The van der Waals surface area contributed by atoms with E-state index in [1.165, 1.54) is 19.2 Å². The summed E-state index contributed by atoms with van der Waals surface area (Å²) in [6.45, 7) is 4.38. The van der Waals surface area contributed by atoms with E-state index in [1.807, 2.05) is 0 Å². The summed E-state index contributed by atoms with van der Waals surface area (Å²) in [5.74, 6) is 0.717. The van der Waals surface area contributed by atoms with Crippen LogP contribution >= 0.6 is 0 Å². The summed E-state index contributed by atoms with van der Waals surface area (Å²) in [4.78, 5) is 11.6. The maximum atomic E-state index is 12.0. The van der Waals surface area contributed by atoms with E-state index in [0.29, 0.717) is 18.2 Å². The maximum Gasteiger partial charge on any atom is 0.241 e. The second-order valence-corrected chi connectivity index (χ2v) is 6.80. The normalized spacial score (nSPS) is 11.4. The first-order chi connectivity index (χ1) is 9.85. The number of carbonyl (C=O) groups is 1. The summed E-state index contributed by atoms with van der Waals surface area (Å²) in [6, 6.07) is 5.96. The Labute approximate surface area is 125 Å². The molecule has 7 heteroatoms. The fraction of sp³-hybridized carbons (Fsp3) is 0.500. The molecule has 21 heavy (non-hydrogen) atoms. The van der Waals surface area contributed by atoms with Gasteiger partial charge in [0.15, 0.2) is 0 Å². The van der Waals surface area contributed by atoms with Gasteiger partial charge in [-0.3, -0.25) is 4.79 Å². The minimum absolute atomic E-state index is 0.0956. The second kappa shape index (κ2) is 7.99. The largest absolute Gasteiger partial charge is 0.497 e. The smallest absolute Gasteiger partial charge is 0.241 e. The molecule has 0 aliphatic carbocycles. The summed E-state index contributed by atoms with van der Waals surface area (Å²) >= 11 is 0. The average molecular weight is 314 g/mol. The summed E-state index contributed by atoms with van der Waals surface area (Å²) in [6.07, 6.45) is 0.858. The molecule has 0 atom stereocenters. The Morgan fingerprint density at radius 2 is 1.86 bits per heavy atom. The first kappa shape index (κ1) is 17.5. The Morgan fingerprint density at radius 3 is 2.38 bits per heavy atom. The molecule has 0 spiro atoms. The zero-order valence-electron chi connectivity index (χ0n) is 12.5. The number of methoxy groups -OCH3 is 1. The van der Waals surface area contributed by atoms with Gasteiger partial charge in [-0.05, 0) is 36.6 Å². The Hall–Kier alpha value is -1.60. The topological polar surface area (TPSA) is 84.5 Å². The van der Waals surface area contributed by atoms with Gasteiger partial charge in [-0.25, -0.2) is 13.1 Å². The summed E-state index contributed by atoms with van der Waals surface area (Å²) in [5, 5.41) is 2.67. The van der Waals surface area contributed by atoms with Crippen molar-refractivity contribution in [1.82, 2.24) is 10.0 Å². The molecule has 0 saturated carbocycles. The standard InChI is InChI=1S/C14H22N2O4S/c1-11(2)8-9-15-14(17)10-16-21(18,19)13-6-4-12(20-3)5-7-13/h4-7,11,16H,8-10H2,1-3H3,(H,15,17). The summed E-state index contributed by atoms with van der Waals surface area (Å²) in [5.41, 5.74) is 0. The number of rotatable bonds is 8. The SMILES string of the molecule is COc1ccc(S(=O)(=O)NCC(=O)NCCC(C)C)cc1. The van der Waals surface area contributed by atoms with Crippen molar-refractivity contribution in [1.29, 1.82) is 0 Å². The van der Waals surface area contributed by atoms with Gasteiger partial charge in [-0.1, -0.05) is 13.8 Å². The molecule has 0 fully saturated rings. The Balaban J connectivity index is 2.50. The van der Waals surface area contributed by atoms with Crippen LogP contribution in [0.25, 0.3) is 0 Å². The molecular weight excluding hydrogens is 292 g/mol. The van der Waals surface area contributed by atoms with Gasteiger partial charge in [0.2, 0.25) is 15.9 Å². The lowest BCUT2D eigenvalue weighted by molar-refractivity contribution is -0.119. The van der Waals surface area contributed by atoms with Crippen molar-refractivity contribution in [3.8, 4) is 5.75 Å². The van der Waals surface area contributed by atoms with Crippen molar-refractivity contribution >= 4 is 15.9 Å². The fourth-order valence-electron chi connectivity index (χ4n) is 1.56. The van der Waals surface area contributed by atoms with Crippen LogP contribution in [0.3, 0.4) is 0 Å². The summed E-state index contributed by atoms with van der Waals surface area (Å²) in [7, 11) is -2.18. The predicted molar refractivity (Wildman–Crippen MR) is 80.6 cm³/mol. The quantitative estimate of drug-likeness (QED) is 0.753. The number of nitrogens with one attached hydrogen (secondary N) is 2.